The van der Waals surface area contributed by atoms with Crippen molar-refractivity contribution in [1.29, 1.82) is 0 Å². The highest BCUT2D eigenvalue weighted by atomic mass is 32.1. The summed E-state index contributed by atoms with van der Waals surface area (Å²) >= 11 is 1.66. The molecule has 2 N–H and O–H groups in total. The van der Waals surface area contributed by atoms with Gasteiger partial charge in [-0.15, -0.1) is 11.3 Å². The van der Waals surface area contributed by atoms with Gasteiger partial charge in [0, 0.05) is 19.0 Å². The third-order valence-electron chi connectivity index (χ3n) is 4.06. The van der Waals surface area contributed by atoms with Crippen LogP contribution in [0.2, 0.25) is 0 Å². The lowest BCUT2D eigenvalue weighted by molar-refractivity contribution is -0.114. The van der Waals surface area contributed by atoms with Crippen molar-refractivity contribution in [3.8, 4) is 10.6 Å². The topological polar surface area (TPSA) is 54.0 Å². The van der Waals surface area contributed by atoms with Crippen LogP contribution in [0.3, 0.4) is 0 Å². The van der Waals surface area contributed by atoms with Crippen LogP contribution in [0.25, 0.3) is 20.8 Å². The highest BCUT2D eigenvalue weighted by Crippen LogP contribution is 2.37. The van der Waals surface area contributed by atoms with E-state index in [1.54, 1.807) is 18.3 Å². The maximum Gasteiger partial charge on any atom is 0.221 e. The molecule has 0 bridgehead atoms. The smallest absolute Gasteiger partial charge is 0.221 e. The summed E-state index contributed by atoms with van der Waals surface area (Å²) in [7, 11) is 0. The Morgan fingerprint density at radius 3 is 2.96 bits per heavy atom. The maximum atomic E-state index is 11.6. The van der Waals surface area contributed by atoms with E-state index < -0.39 is 0 Å². The minimum atomic E-state index is -0.0592. The van der Waals surface area contributed by atoms with Gasteiger partial charge in [-0.3, -0.25) is 4.79 Å². The van der Waals surface area contributed by atoms with Crippen molar-refractivity contribution in [3.63, 3.8) is 0 Å². The molecule has 0 spiro atoms. The predicted octanol–water partition coefficient (Wildman–Crippen LogP) is 3.57. The fourth-order valence-electron chi connectivity index (χ4n) is 2.99. The maximum absolute atomic E-state index is 11.6. The van der Waals surface area contributed by atoms with Crippen LogP contribution in [0.1, 0.15) is 18.1 Å². The zero-order valence-corrected chi connectivity index (χ0v) is 13.7. The van der Waals surface area contributed by atoms with Gasteiger partial charge in [0.1, 0.15) is 5.01 Å². The van der Waals surface area contributed by atoms with Gasteiger partial charge in [0.15, 0.2) is 0 Å². The van der Waals surface area contributed by atoms with E-state index in [9.17, 15) is 4.79 Å². The fraction of sp³-hybridized carbons (Fsp3) is 0.222. The van der Waals surface area contributed by atoms with Crippen LogP contribution >= 0.6 is 11.3 Å². The molecule has 1 aliphatic rings. The molecule has 0 fully saturated rings. The number of nitrogens with one attached hydrogen (secondary N) is 2. The van der Waals surface area contributed by atoms with Gasteiger partial charge >= 0.3 is 0 Å². The van der Waals surface area contributed by atoms with Crippen molar-refractivity contribution in [2.75, 3.05) is 11.9 Å². The van der Waals surface area contributed by atoms with Gasteiger partial charge in [-0.05, 0) is 48.4 Å². The fourth-order valence-corrected chi connectivity index (χ4v) is 3.99. The molecule has 1 aliphatic heterocycles. The van der Waals surface area contributed by atoms with E-state index in [0.717, 1.165) is 46.0 Å². The summed E-state index contributed by atoms with van der Waals surface area (Å²) in [5, 5.41) is 7.30. The number of carbonyl (C=O) groups is 1. The molecule has 0 saturated heterocycles. The van der Waals surface area contributed by atoms with Crippen molar-refractivity contribution in [1.82, 2.24) is 10.3 Å². The first-order valence-corrected chi connectivity index (χ1v) is 8.52. The number of nitrogens with zero attached hydrogens (tertiary/aromatic N) is 1. The summed E-state index contributed by atoms with van der Waals surface area (Å²) in [5.41, 5.74) is 5.46. The van der Waals surface area contributed by atoms with E-state index in [4.69, 9.17) is 4.98 Å². The molecule has 0 radical (unpaired) electrons. The summed E-state index contributed by atoms with van der Waals surface area (Å²) in [4.78, 5) is 16.3. The number of benzene rings is 2. The van der Waals surface area contributed by atoms with Gasteiger partial charge < -0.3 is 10.6 Å². The standard InChI is InChI=1S/C18H17N3OS/c1-11(22)20-16-9-13-10-19-7-6-12(13)8-14(16)18-21-15-4-2-3-5-17(15)23-18/h2-5,8-9,19H,6-7,10H2,1H3,(H,20,22). The van der Waals surface area contributed by atoms with Gasteiger partial charge in [-0.25, -0.2) is 4.98 Å². The van der Waals surface area contributed by atoms with Crippen LogP contribution in [-0.2, 0) is 17.8 Å². The molecule has 0 saturated carbocycles. The Hall–Kier alpha value is -2.24. The lowest BCUT2D eigenvalue weighted by atomic mass is 9.97. The molecular weight excluding hydrogens is 306 g/mol. The molecule has 0 unspecified atom stereocenters. The van der Waals surface area contributed by atoms with E-state index in [2.05, 4.69) is 28.8 Å². The van der Waals surface area contributed by atoms with E-state index >= 15 is 0 Å². The average Bonchev–Trinajstić information content (AvgIpc) is 2.97. The van der Waals surface area contributed by atoms with Gasteiger partial charge in [-0.1, -0.05) is 12.1 Å². The molecule has 2 heterocycles. The van der Waals surface area contributed by atoms with Crippen molar-refractivity contribution < 1.29 is 4.79 Å². The molecule has 4 nitrogen and oxygen atoms in total. The number of rotatable bonds is 2. The number of aromatic nitrogens is 1. The molecular formula is C18H17N3OS. The van der Waals surface area contributed by atoms with Crippen LogP contribution in [0.15, 0.2) is 36.4 Å². The SMILES string of the molecule is CC(=O)Nc1cc2c(cc1-c1nc3ccccc3s1)CCNC2. The van der Waals surface area contributed by atoms with Gasteiger partial charge in [0.25, 0.3) is 0 Å². The van der Waals surface area contributed by atoms with E-state index in [1.807, 2.05) is 18.2 Å². The van der Waals surface area contributed by atoms with Crippen molar-refractivity contribution in [2.45, 2.75) is 19.9 Å². The Morgan fingerprint density at radius 2 is 2.13 bits per heavy atom. The number of para-hydroxylation sites is 1. The van der Waals surface area contributed by atoms with Crippen LogP contribution in [0.4, 0.5) is 5.69 Å². The number of thiazole rings is 1. The molecule has 116 valence electrons. The predicted molar refractivity (Wildman–Crippen MR) is 94.8 cm³/mol. The Labute approximate surface area is 138 Å². The Kier molecular flexibility index (Phi) is 3.59. The van der Waals surface area contributed by atoms with Crippen LogP contribution in [-0.4, -0.2) is 17.4 Å². The normalized spacial score (nSPS) is 13.8. The van der Waals surface area contributed by atoms with Crippen LogP contribution < -0.4 is 10.6 Å². The second-order valence-corrected chi connectivity index (χ2v) is 6.79. The lowest BCUT2D eigenvalue weighted by Crippen LogP contribution is -2.24. The number of hydrogen-bond acceptors (Lipinski definition) is 4. The molecule has 5 heteroatoms. The Morgan fingerprint density at radius 1 is 1.26 bits per heavy atom. The Bertz CT molecular complexity index is 867. The molecule has 0 aliphatic carbocycles. The second kappa shape index (κ2) is 5.76. The number of hydrogen-bond donors (Lipinski definition) is 2. The van der Waals surface area contributed by atoms with E-state index in [1.165, 1.54) is 11.1 Å². The first kappa shape index (κ1) is 14.4. The summed E-state index contributed by atoms with van der Waals surface area (Å²) < 4.78 is 1.16. The third kappa shape index (κ3) is 2.73. The van der Waals surface area contributed by atoms with Gasteiger partial charge in [0.05, 0.1) is 15.9 Å². The molecule has 0 atom stereocenters. The highest BCUT2D eigenvalue weighted by Gasteiger charge is 2.17. The summed E-state index contributed by atoms with van der Waals surface area (Å²) in [6.07, 6.45) is 1.01. The first-order chi connectivity index (χ1) is 11.2. The largest absolute Gasteiger partial charge is 0.326 e. The molecule has 1 aromatic heterocycles. The van der Waals surface area contributed by atoms with Crippen molar-refractivity contribution >= 4 is 33.1 Å². The first-order valence-electron chi connectivity index (χ1n) is 7.71. The Balaban J connectivity index is 1.89. The monoisotopic (exact) mass is 323 g/mol. The summed E-state index contributed by atoms with van der Waals surface area (Å²) in [6, 6.07) is 12.4. The van der Waals surface area contributed by atoms with E-state index in [0.29, 0.717) is 0 Å². The number of carbonyl (C=O) groups excluding carboxylic acids is 1. The second-order valence-electron chi connectivity index (χ2n) is 5.76. The molecule has 3 aromatic rings. The van der Waals surface area contributed by atoms with Crippen molar-refractivity contribution in [2.24, 2.45) is 0 Å². The van der Waals surface area contributed by atoms with E-state index in [-0.39, 0.29) is 5.91 Å². The molecule has 1 amide bonds. The van der Waals surface area contributed by atoms with Crippen LogP contribution in [0, 0.1) is 0 Å². The average molecular weight is 323 g/mol. The molecule has 23 heavy (non-hydrogen) atoms. The summed E-state index contributed by atoms with van der Waals surface area (Å²) in [6.45, 7) is 3.38. The van der Waals surface area contributed by atoms with Gasteiger partial charge in [0.2, 0.25) is 5.91 Å². The lowest BCUT2D eigenvalue weighted by Gasteiger charge is -2.20. The number of fused-ring (bicyclic) bond motifs is 2. The van der Waals surface area contributed by atoms with Gasteiger partial charge in [-0.2, -0.15) is 0 Å². The highest BCUT2D eigenvalue weighted by molar-refractivity contribution is 7.21. The zero-order chi connectivity index (χ0) is 15.8. The summed E-state index contributed by atoms with van der Waals surface area (Å²) in [5.74, 6) is -0.0592. The minimum absolute atomic E-state index is 0.0592. The molecule has 4 rings (SSSR count). The minimum Gasteiger partial charge on any atom is -0.326 e. The van der Waals surface area contributed by atoms with Crippen molar-refractivity contribution in [3.05, 3.63) is 47.5 Å². The molecule has 2 aromatic carbocycles. The third-order valence-corrected chi connectivity index (χ3v) is 5.13. The van der Waals surface area contributed by atoms with Crippen LogP contribution in [0.5, 0.6) is 0 Å². The zero-order valence-electron chi connectivity index (χ0n) is 12.8. The quantitative estimate of drug-likeness (QED) is 0.758. The number of amides is 1. The number of anilines is 1.